The lowest BCUT2D eigenvalue weighted by atomic mass is 10.1. The Kier molecular flexibility index (Phi) is 9.30. The van der Waals surface area contributed by atoms with E-state index in [1.54, 1.807) is 6.92 Å². The zero-order valence-electron chi connectivity index (χ0n) is 23.3. The van der Waals surface area contributed by atoms with Crippen LogP contribution in [0.3, 0.4) is 0 Å². The van der Waals surface area contributed by atoms with Gasteiger partial charge in [-0.05, 0) is 54.4 Å². The molecule has 1 heterocycles. The number of nitrogens with zero attached hydrogens (tertiary/aromatic N) is 2. The first-order valence-electron chi connectivity index (χ1n) is 13.8. The van der Waals surface area contributed by atoms with Gasteiger partial charge in [0.2, 0.25) is 0 Å². The number of benzene rings is 4. The number of esters is 1. The number of ether oxygens (including phenoxy) is 4. The lowest BCUT2D eigenvalue weighted by molar-refractivity contribution is -0.384. The van der Waals surface area contributed by atoms with Crippen molar-refractivity contribution in [1.82, 2.24) is 0 Å². The van der Waals surface area contributed by atoms with Crippen molar-refractivity contribution in [3.63, 3.8) is 0 Å². The Morgan fingerprint density at radius 1 is 0.929 bits per heavy atom. The van der Waals surface area contributed by atoms with E-state index in [4.69, 9.17) is 18.9 Å². The highest BCUT2D eigenvalue weighted by Gasteiger charge is 2.26. The molecule has 0 fully saturated rings. The Bertz CT molecular complexity index is 1480. The molecular formula is C33H32N2O7. The number of para-hydroxylation sites is 2. The molecule has 0 bridgehead atoms. The van der Waals surface area contributed by atoms with Gasteiger partial charge in [-0.3, -0.25) is 10.1 Å². The summed E-state index contributed by atoms with van der Waals surface area (Å²) >= 11 is 0. The third kappa shape index (κ3) is 7.44. The van der Waals surface area contributed by atoms with Crippen LogP contribution in [0.15, 0.2) is 103 Å². The molecule has 0 amide bonds. The number of non-ortho nitro benzene ring substituents is 1. The molecule has 9 nitrogen and oxygen atoms in total. The van der Waals surface area contributed by atoms with Crippen LogP contribution in [-0.2, 0) is 22.5 Å². The summed E-state index contributed by atoms with van der Waals surface area (Å²) in [7, 11) is 0. The molecule has 216 valence electrons. The predicted octanol–water partition coefficient (Wildman–Crippen LogP) is 5.99. The van der Waals surface area contributed by atoms with E-state index in [2.05, 4.69) is 23.1 Å². The maximum absolute atomic E-state index is 12.8. The topological polar surface area (TPSA) is 100 Å². The molecule has 4 aromatic carbocycles. The standard InChI is InChI=1S/C33H32N2O7/c1-2-39-32(33(36)42-28-18-14-26(15-19-28)35(37)38)20-24-12-16-27(17-13-24)40-23-29-22-34(21-25-8-4-3-5-9-25)30-10-6-7-11-31(30)41-29/h3-19,29,32H,2,20-23H2,1H3. The zero-order chi connectivity index (χ0) is 29.3. The van der Waals surface area contributed by atoms with E-state index >= 15 is 0 Å². The molecule has 2 atom stereocenters. The lowest BCUT2D eigenvalue weighted by Gasteiger charge is -2.36. The fourth-order valence-electron chi connectivity index (χ4n) is 4.77. The molecule has 0 saturated heterocycles. The Labute approximate surface area is 244 Å². The zero-order valence-corrected chi connectivity index (χ0v) is 23.3. The number of anilines is 1. The second kappa shape index (κ2) is 13.6. The molecule has 4 aromatic rings. The highest BCUT2D eigenvalue weighted by atomic mass is 16.6. The number of hydrogen-bond donors (Lipinski definition) is 0. The van der Waals surface area contributed by atoms with Crippen LogP contribution >= 0.6 is 0 Å². The molecule has 0 aromatic heterocycles. The van der Waals surface area contributed by atoms with Gasteiger partial charge in [-0.2, -0.15) is 0 Å². The second-order valence-electron chi connectivity index (χ2n) is 9.85. The van der Waals surface area contributed by atoms with Crippen LogP contribution < -0.4 is 19.1 Å². The normalized spacial score (nSPS) is 14.8. The molecular weight excluding hydrogens is 536 g/mol. The molecule has 0 saturated carbocycles. The molecule has 5 rings (SSSR count). The Morgan fingerprint density at radius 2 is 1.62 bits per heavy atom. The van der Waals surface area contributed by atoms with Gasteiger partial charge in [-0.25, -0.2) is 4.79 Å². The third-order valence-corrected chi connectivity index (χ3v) is 6.82. The van der Waals surface area contributed by atoms with Gasteiger partial charge in [0.25, 0.3) is 5.69 Å². The maximum Gasteiger partial charge on any atom is 0.340 e. The van der Waals surface area contributed by atoms with E-state index in [9.17, 15) is 14.9 Å². The number of nitro groups is 1. The SMILES string of the molecule is CCOC(Cc1ccc(OCC2CN(Cc3ccccc3)c3ccccc3O2)cc1)C(=O)Oc1ccc([N+](=O)[O-])cc1. The van der Waals surface area contributed by atoms with Crippen LogP contribution in [0.4, 0.5) is 11.4 Å². The van der Waals surface area contributed by atoms with Crippen molar-refractivity contribution in [2.45, 2.75) is 32.1 Å². The smallest absolute Gasteiger partial charge is 0.340 e. The Morgan fingerprint density at radius 3 is 2.33 bits per heavy atom. The van der Waals surface area contributed by atoms with Gasteiger partial charge in [0.1, 0.15) is 23.9 Å². The Hall–Kier alpha value is -4.89. The lowest BCUT2D eigenvalue weighted by Crippen LogP contribution is -2.42. The van der Waals surface area contributed by atoms with Gasteiger partial charge in [0.05, 0.1) is 17.2 Å². The highest BCUT2D eigenvalue weighted by molar-refractivity contribution is 5.77. The minimum Gasteiger partial charge on any atom is -0.490 e. The van der Waals surface area contributed by atoms with Gasteiger partial charge in [-0.15, -0.1) is 0 Å². The maximum atomic E-state index is 12.8. The average molecular weight is 569 g/mol. The minimum absolute atomic E-state index is 0.0807. The van der Waals surface area contributed by atoms with Gasteiger partial charge < -0.3 is 23.8 Å². The molecule has 1 aliphatic heterocycles. The summed E-state index contributed by atoms with van der Waals surface area (Å²) in [5.41, 5.74) is 3.09. The monoisotopic (exact) mass is 568 g/mol. The summed E-state index contributed by atoms with van der Waals surface area (Å²) in [6.07, 6.45) is -0.681. The first-order valence-corrected chi connectivity index (χ1v) is 13.8. The number of carbonyl (C=O) groups is 1. The van der Waals surface area contributed by atoms with Crippen molar-refractivity contribution in [2.75, 3.05) is 24.7 Å². The summed E-state index contributed by atoms with van der Waals surface area (Å²) in [5, 5.41) is 10.9. The molecule has 0 aliphatic carbocycles. The van der Waals surface area contributed by atoms with Crippen molar-refractivity contribution < 1.29 is 28.7 Å². The highest BCUT2D eigenvalue weighted by Crippen LogP contribution is 2.34. The van der Waals surface area contributed by atoms with Crippen LogP contribution in [0.5, 0.6) is 17.2 Å². The van der Waals surface area contributed by atoms with Crippen LogP contribution in [0, 0.1) is 10.1 Å². The van der Waals surface area contributed by atoms with Crippen molar-refractivity contribution in [1.29, 1.82) is 0 Å². The minimum atomic E-state index is -0.830. The van der Waals surface area contributed by atoms with Crippen LogP contribution in [0.2, 0.25) is 0 Å². The quantitative estimate of drug-likeness (QED) is 0.0889. The number of fused-ring (bicyclic) bond motifs is 1. The average Bonchev–Trinajstić information content (AvgIpc) is 3.01. The van der Waals surface area contributed by atoms with Gasteiger partial charge in [0.15, 0.2) is 12.2 Å². The fourth-order valence-corrected chi connectivity index (χ4v) is 4.77. The number of carbonyl (C=O) groups excluding carboxylic acids is 1. The summed E-state index contributed by atoms with van der Waals surface area (Å²) in [5.74, 6) is 1.18. The predicted molar refractivity (Wildman–Crippen MR) is 158 cm³/mol. The Balaban J connectivity index is 1.17. The van der Waals surface area contributed by atoms with Gasteiger partial charge in [-0.1, -0.05) is 54.6 Å². The third-order valence-electron chi connectivity index (χ3n) is 6.82. The molecule has 2 unspecified atom stereocenters. The summed E-state index contributed by atoms with van der Waals surface area (Å²) in [6.45, 7) is 3.97. The first-order chi connectivity index (χ1) is 20.5. The summed E-state index contributed by atoms with van der Waals surface area (Å²) < 4.78 is 23.4. The summed E-state index contributed by atoms with van der Waals surface area (Å²) in [4.78, 5) is 25.4. The van der Waals surface area contributed by atoms with Crippen LogP contribution in [0.25, 0.3) is 0 Å². The molecule has 0 spiro atoms. The fraction of sp³-hybridized carbons (Fsp3) is 0.242. The van der Waals surface area contributed by atoms with Gasteiger partial charge >= 0.3 is 5.97 Å². The van der Waals surface area contributed by atoms with E-state index in [-0.39, 0.29) is 17.5 Å². The number of nitro benzene ring substituents is 1. The molecule has 42 heavy (non-hydrogen) atoms. The van der Waals surface area contributed by atoms with Crippen molar-refractivity contribution in [3.8, 4) is 17.2 Å². The summed E-state index contributed by atoms with van der Waals surface area (Å²) in [6, 6.07) is 31.2. The molecule has 9 heteroatoms. The molecule has 0 N–H and O–H groups in total. The first kappa shape index (κ1) is 28.6. The van der Waals surface area contributed by atoms with Crippen molar-refractivity contribution in [3.05, 3.63) is 124 Å². The molecule has 1 aliphatic rings. The van der Waals surface area contributed by atoms with E-state index < -0.39 is 17.0 Å². The van der Waals surface area contributed by atoms with E-state index in [0.29, 0.717) is 31.9 Å². The molecule has 0 radical (unpaired) electrons. The van der Waals surface area contributed by atoms with E-state index in [1.165, 1.54) is 29.8 Å². The number of rotatable bonds is 12. The largest absolute Gasteiger partial charge is 0.490 e. The van der Waals surface area contributed by atoms with Crippen molar-refractivity contribution in [2.24, 2.45) is 0 Å². The number of hydrogen-bond acceptors (Lipinski definition) is 8. The van der Waals surface area contributed by atoms with Crippen LogP contribution in [0.1, 0.15) is 18.1 Å². The van der Waals surface area contributed by atoms with E-state index in [1.807, 2.05) is 60.7 Å². The van der Waals surface area contributed by atoms with Gasteiger partial charge in [0, 0.05) is 31.7 Å². The van der Waals surface area contributed by atoms with E-state index in [0.717, 1.165) is 23.5 Å². The second-order valence-corrected chi connectivity index (χ2v) is 9.85. The van der Waals surface area contributed by atoms with Crippen LogP contribution in [-0.4, -0.2) is 42.9 Å². The van der Waals surface area contributed by atoms with Crippen molar-refractivity contribution >= 4 is 17.3 Å².